The molecule has 0 saturated carbocycles. The number of halogens is 1. The third-order valence-electron chi connectivity index (χ3n) is 2.22. The molecule has 0 amide bonds. The first-order chi connectivity index (χ1) is 7.67. The van der Waals surface area contributed by atoms with Gasteiger partial charge in [-0.2, -0.15) is 0 Å². The Hall–Kier alpha value is -1.42. The number of benzene rings is 1. The Bertz CT molecular complexity index is 369. The fourth-order valence-corrected chi connectivity index (χ4v) is 1.42. The highest BCUT2D eigenvalue weighted by Crippen LogP contribution is 2.22. The highest BCUT2D eigenvalue weighted by Gasteiger charge is 2.04. The number of ether oxygens (including phenoxy) is 2. The molecule has 0 aliphatic heterocycles. The van der Waals surface area contributed by atoms with Gasteiger partial charge >= 0.3 is 5.97 Å². The molecule has 17 heavy (non-hydrogen) atoms. The van der Waals surface area contributed by atoms with Crippen LogP contribution in [0.25, 0.3) is 0 Å². The second kappa shape index (κ2) is 7.79. The molecule has 0 unspecified atom stereocenters. The van der Waals surface area contributed by atoms with Crippen LogP contribution in [0.3, 0.4) is 0 Å². The Morgan fingerprint density at radius 2 is 2.12 bits per heavy atom. The van der Waals surface area contributed by atoms with Crippen LogP contribution in [-0.2, 0) is 16.0 Å². The van der Waals surface area contributed by atoms with E-state index in [1.54, 1.807) is 20.1 Å². The van der Waals surface area contributed by atoms with Gasteiger partial charge in [-0.05, 0) is 31.0 Å². The third-order valence-corrected chi connectivity index (χ3v) is 2.22. The quantitative estimate of drug-likeness (QED) is 0.650. The van der Waals surface area contributed by atoms with Gasteiger partial charge in [0.25, 0.3) is 0 Å². The summed E-state index contributed by atoms with van der Waals surface area (Å²) in [5.74, 6) is 0.469. The Balaban J connectivity index is 0.00000256. The summed E-state index contributed by atoms with van der Waals surface area (Å²) in [4.78, 5) is 11.1. The Morgan fingerprint density at radius 3 is 2.65 bits per heavy atom. The van der Waals surface area contributed by atoms with E-state index in [0.717, 1.165) is 5.56 Å². The van der Waals surface area contributed by atoms with Crippen LogP contribution in [-0.4, -0.2) is 19.7 Å². The van der Waals surface area contributed by atoms with E-state index in [4.69, 9.17) is 15.2 Å². The molecule has 0 aliphatic carbocycles. The molecular weight excluding hydrogens is 242 g/mol. The van der Waals surface area contributed by atoms with Gasteiger partial charge in [0.1, 0.15) is 5.75 Å². The summed E-state index contributed by atoms with van der Waals surface area (Å²) >= 11 is 0. The zero-order valence-corrected chi connectivity index (χ0v) is 10.9. The van der Waals surface area contributed by atoms with E-state index in [9.17, 15) is 4.79 Å². The molecule has 0 atom stereocenters. The van der Waals surface area contributed by atoms with Crippen LogP contribution in [0.15, 0.2) is 18.2 Å². The van der Waals surface area contributed by atoms with Crippen molar-refractivity contribution in [3.8, 4) is 5.75 Å². The molecule has 1 aromatic carbocycles. The lowest BCUT2D eigenvalue weighted by Crippen LogP contribution is -2.05. The minimum absolute atomic E-state index is 0. The van der Waals surface area contributed by atoms with Crippen molar-refractivity contribution < 1.29 is 14.3 Å². The molecule has 0 aromatic heterocycles. The molecule has 1 rings (SSSR count). The topological polar surface area (TPSA) is 61.5 Å². The van der Waals surface area contributed by atoms with E-state index >= 15 is 0 Å². The molecule has 1 aromatic rings. The average Bonchev–Trinajstić information content (AvgIpc) is 2.27. The third kappa shape index (κ3) is 4.95. The van der Waals surface area contributed by atoms with E-state index in [1.807, 2.05) is 12.1 Å². The van der Waals surface area contributed by atoms with Crippen LogP contribution in [0.1, 0.15) is 18.9 Å². The van der Waals surface area contributed by atoms with Crippen LogP contribution in [0.5, 0.6) is 5.75 Å². The lowest BCUT2D eigenvalue weighted by atomic mass is 10.1. The number of carbonyl (C=O) groups is 1. The van der Waals surface area contributed by atoms with Crippen LogP contribution in [0, 0.1) is 0 Å². The monoisotopic (exact) mass is 259 g/mol. The Labute approximate surface area is 108 Å². The number of methoxy groups -OCH3 is 1. The van der Waals surface area contributed by atoms with Crippen molar-refractivity contribution in [2.45, 2.75) is 19.8 Å². The summed E-state index contributed by atoms with van der Waals surface area (Å²) in [7, 11) is 1.57. The number of esters is 1. The number of nitrogens with two attached hydrogens (primary N) is 1. The summed E-state index contributed by atoms with van der Waals surface area (Å²) < 4.78 is 9.89. The number of carbonyl (C=O) groups excluding carboxylic acids is 1. The van der Waals surface area contributed by atoms with Crippen molar-refractivity contribution >= 4 is 24.1 Å². The van der Waals surface area contributed by atoms with Crippen molar-refractivity contribution in [3.63, 3.8) is 0 Å². The molecular formula is C12H18ClNO3. The van der Waals surface area contributed by atoms with Gasteiger partial charge in [-0.25, -0.2) is 0 Å². The van der Waals surface area contributed by atoms with Gasteiger partial charge in [0.2, 0.25) is 0 Å². The number of aryl methyl sites for hydroxylation is 1. The SMILES string of the molecule is CCOC(=O)CCc1ccc(OC)c(N)c1.Cl. The summed E-state index contributed by atoms with van der Waals surface area (Å²) in [5.41, 5.74) is 7.35. The second-order valence-electron chi connectivity index (χ2n) is 3.38. The largest absolute Gasteiger partial charge is 0.495 e. The van der Waals surface area contributed by atoms with Gasteiger partial charge in [-0.3, -0.25) is 4.79 Å². The van der Waals surface area contributed by atoms with Crippen molar-refractivity contribution in [2.24, 2.45) is 0 Å². The average molecular weight is 260 g/mol. The molecule has 0 aliphatic rings. The van der Waals surface area contributed by atoms with Crippen molar-refractivity contribution in [1.82, 2.24) is 0 Å². The summed E-state index contributed by atoms with van der Waals surface area (Å²) in [6.45, 7) is 2.22. The first-order valence-corrected chi connectivity index (χ1v) is 5.25. The molecule has 0 radical (unpaired) electrons. The lowest BCUT2D eigenvalue weighted by molar-refractivity contribution is -0.143. The van der Waals surface area contributed by atoms with Crippen LogP contribution in [0.2, 0.25) is 0 Å². The van der Waals surface area contributed by atoms with Crippen LogP contribution in [0.4, 0.5) is 5.69 Å². The van der Waals surface area contributed by atoms with Gasteiger partial charge in [0.05, 0.1) is 19.4 Å². The molecule has 96 valence electrons. The number of nitrogen functional groups attached to an aromatic ring is 1. The Morgan fingerprint density at radius 1 is 1.41 bits per heavy atom. The standard InChI is InChI=1S/C12H17NO3.ClH/c1-3-16-12(14)7-5-9-4-6-11(15-2)10(13)8-9;/h4,6,8H,3,5,7,13H2,1-2H3;1H. The molecule has 0 fully saturated rings. The molecule has 0 bridgehead atoms. The zero-order chi connectivity index (χ0) is 12.0. The maximum absolute atomic E-state index is 11.1. The smallest absolute Gasteiger partial charge is 0.306 e. The van der Waals surface area contributed by atoms with E-state index < -0.39 is 0 Å². The van der Waals surface area contributed by atoms with Crippen molar-refractivity contribution in [2.75, 3.05) is 19.5 Å². The first kappa shape index (κ1) is 15.6. The van der Waals surface area contributed by atoms with Gasteiger partial charge in [-0.15, -0.1) is 12.4 Å². The maximum atomic E-state index is 11.1. The predicted molar refractivity (Wildman–Crippen MR) is 69.6 cm³/mol. The molecule has 0 heterocycles. The van der Waals surface area contributed by atoms with Gasteiger partial charge in [0.15, 0.2) is 0 Å². The normalized spacial score (nSPS) is 9.29. The lowest BCUT2D eigenvalue weighted by Gasteiger charge is -2.07. The zero-order valence-electron chi connectivity index (χ0n) is 10.1. The van der Waals surface area contributed by atoms with Gasteiger partial charge in [-0.1, -0.05) is 6.07 Å². The summed E-state index contributed by atoms with van der Waals surface area (Å²) in [6.07, 6.45) is 1.01. The summed E-state index contributed by atoms with van der Waals surface area (Å²) in [6, 6.07) is 5.52. The summed E-state index contributed by atoms with van der Waals surface area (Å²) in [5, 5.41) is 0. The van der Waals surface area contributed by atoms with Gasteiger partial charge < -0.3 is 15.2 Å². The van der Waals surface area contributed by atoms with E-state index in [1.165, 1.54) is 0 Å². The Kier molecular flexibility index (Phi) is 7.14. The molecule has 0 saturated heterocycles. The highest BCUT2D eigenvalue weighted by molar-refractivity contribution is 5.85. The fourth-order valence-electron chi connectivity index (χ4n) is 1.42. The molecule has 4 nitrogen and oxygen atoms in total. The van der Waals surface area contributed by atoms with Crippen molar-refractivity contribution in [1.29, 1.82) is 0 Å². The first-order valence-electron chi connectivity index (χ1n) is 5.25. The molecule has 0 spiro atoms. The molecule has 2 N–H and O–H groups in total. The number of anilines is 1. The second-order valence-corrected chi connectivity index (χ2v) is 3.38. The van der Waals surface area contributed by atoms with Crippen LogP contribution < -0.4 is 10.5 Å². The number of hydrogen-bond donors (Lipinski definition) is 1. The van der Waals surface area contributed by atoms with Gasteiger partial charge in [0, 0.05) is 6.42 Å². The number of hydrogen-bond acceptors (Lipinski definition) is 4. The van der Waals surface area contributed by atoms with E-state index in [-0.39, 0.29) is 18.4 Å². The minimum Gasteiger partial charge on any atom is -0.495 e. The van der Waals surface area contributed by atoms with E-state index in [0.29, 0.717) is 30.9 Å². The fraction of sp³-hybridized carbons (Fsp3) is 0.417. The highest BCUT2D eigenvalue weighted by atomic mass is 35.5. The maximum Gasteiger partial charge on any atom is 0.306 e. The predicted octanol–water partition coefficient (Wildman–Crippen LogP) is 2.19. The van der Waals surface area contributed by atoms with Crippen LogP contribution >= 0.6 is 12.4 Å². The van der Waals surface area contributed by atoms with E-state index in [2.05, 4.69) is 0 Å². The number of rotatable bonds is 5. The van der Waals surface area contributed by atoms with Crippen molar-refractivity contribution in [3.05, 3.63) is 23.8 Å². The minimum atomic E-state index is -0.183. The molecule has 5 heteroatoms.